The third kappa shape index (κ3) is 6.02. The highest BCUT2D eigenvalue weighted by atomic mass is 16.5. The summed E-state index contributed by atoms with van der Waals surface area (Å²) in [6.45, 7) is 8.31. The third-order valence-corrected chi connectivity index (χ3v) is 3.92. The zero-order valence-electron chi connectivity index (χ0n) is 16.2. The molecule has 0 atom stereocenters. The van der Waals surface area contributed by atoms with Crippen LogP contribution in [-0.4, -0.2) is 30.4 Å². The molecule has 27 heavy (non-hydrogen) atoms. The van der Waals surface area contributed by atoms with Gasteiger partial charge in [-0.3, -0.25) is 4.79 Å². The van der Waals surface area contributed by atoms with Crippen LogP contribution in [0.2, 0.25) is 0 Å². The van der Waals surface area contributed by atoms with E-state index in [2.05, 4.69) is 30.4 Å². The molecule has 2 N–H and O–H groups in total. The summed E-state index contributed by atoms with van der Waals surface area (Å²) in [6.07, 6.45) is 1.48. The molecule has 0 aliphatic rings. The SMILES string of the molecule is CCOc1cc(/C=N\NC(=O)COc2cc(C(C)C)ccc2C)ccc1O. The van der Waals surface area contributed by atoms with Crippen molar-refractivity contribution in [3.8, 4) is 17.2 Å². The molecule has 0 heterocycles. The summed E-state index contributed by atoms with van der Waals surface area (Å²) < 4.78 is 10.9. The number of amides is 1. The second-order valence-electron chi connectivity index (χ2n) is 6.42. The van der Waals surface area contributed by atoms with Crippen LogP contribution < -0.4 is 14.9 Å². The van der Waals surface area contributed by atoms with E-state index >= 15 is 0 Å². The number of aryl methyl sites for hydroxylation is 1. The molecule has 144 valence electrons. The normalized spacial score (nSPS) is 11.0. The summed E-state index contributed by atoms with van der Waals surface area (Å²) in [4.78, 5) is 11.9. The lowest BCUT2D eigenvalue weighted by molar-refractivity contribution is -0.123. The molecular formula is C21H26N2O4. The van der Waals surface area contributed by atoms with Crippen molar-refractivity contribution in [1.29, 1.82) is 0 Å². The zero-order chi connectivity index (χ0) is 19.8. The number of carbonyl (C=O) groups is 1. The number of carbonyl (C=O) groups excluding carboxylic acids is 1. The summed E-state index contributed by atoms with van der Waals surface area (Å²) in [6, 6.07) is 10.8. The van der Waals surface area contributed by atoms with Crippen molar-refractivity contribution in [2.75, 3.05) is 13.2 Å². The van der Waals surface area contributed by atoms with Gasteiger partial charge in [0.2, 0.25) is 0 Å². The van der Waals surface area contributed by atoms with Gasteiger partial charge in [-0.2, -0.15) is 5.10 Å². The van der Waals surface area contributed by atoms with Gasteiger partial charge in [-0.05, 0) is 60.7 Å². The van der Waals surface area contributed by atoms with Gasteiger partial charge >= 0.3 is 0 Å². The Balaban J connectivity index is 1.90. The van der Waals surface area contributed by atoms with E-state index in [0.717, 1.165) is 11.1 Å². The summed E-state index contributed by atoms with van der Waals surface area (Å²) >= 11 is 0. The number of benzene rings is 2. The quantitative estimate of drug-likeness (QED) is 0.548. The van der Waals surface area contributed by atoms with Gasteiger partial charge < -0.3 is 14.6 Å². The lowest BCUT2D eigenvalue weighted by Gasteiger charge is -2.12. The van der Waals surface area contributed by atoms with E-state index in [0.29, 0.717) is 29.6 Å². The van der Waals surface area contributed by atoms with Gasteiger partial charge in [0.25, 0.3) is 5.91 Å². The number of rotatable bonds is 8. The smallest absolute Gasteiger partial charge is 0.277 e. The van der Waals surface area contributed by atoms with Crippen molar-refractivity contribution in [2.45, 2.75) is 33.6 Å². The van der Waals surface area contributed by atoms with E-state index in [4.69, 9.17) is 9.47 Å². The van der Waals surface area contributed by atoms with E-state index in [9.17, 15) is 9.90 Å². The molecule has 0 bridgehead atoms. The number of hydrogen-bond acceptors (Lipinski definition) is 5. The van der Waals surface area contributed by atoms with E-state index in [-0.39, 0.29) is 18.3 Å². The Morgan fingerprint density at radius 3 is 2.67 bits per heavy atom. The van der Waals surface area contributed by atoms with Gasteiger partial charge in [-0.25, -0.2) is 5.43 Å². The number of nitrogens with one attached hydrogen (secondary N) is 1. The first-order chi connectivity index (χ1) is 12.9. The summed E-state index contributed by atoms with van der Waals surface area (Å²) in [5, 5.41) is 13.6. The van der Waals surface area contributed by atoms with Crippen LogP contribution in [-0.2, 0) is 4.79 Å². The second kappa shape index (κ2) is 9.62. The predicted molar refractivity (Wildman–Crippen MR) is 106 cm³/mol. The Morgan fingerprint density at radius 1 is 1.19 bits per heavy atom. The average molecular weight is 370 g/mol. The topological polar surface area (TPSA) is 80.2 Å². The largest absolute Gasteiger partial charge is 0.504 e. The molecule has 6 heteroatoms. The molecule has 6 nitrogen and oxygen atoms in total. The number of nitrogens with zero attached hydrogens (tertiary/aromatic N) is 1. The molecular weight excluding hydrogens is 344 g/mol. The first-order valence-corrected chi connectivity index (χ1v) is 8.91. The van der Waals surface area contributed by atoms with Gasteiger partial charge in [0, 0.05) is 0 Å². The molecule has 2 rings (SSSR count). The monoisotopic (exact) mass is 370 g/mol. The van der Waals surface area contributed by atoms with Gasteiger partial charge in [-0.15, -0.1) is 0 Å². The number of hydrogen-bond donors (Lipinski definition) is 2. The van der Waals surface area contributed by atoms with E-state index in [1.807, 2.05) is 26.0 Å². The van der Waals surface area contributed by atoms with Crippen LogP contribution in [0.5, 0.6) is 17.2 Å². The second-order valence-corrected chi connectivity index (χ2v) is 6.42. The summed E-state index contributed by atoms with van der Waals surface area (Å²) in [5.41, 5.74) is 5.25. The Labute approximate surface area is 159 Å². The number of phenols is 1. The number of aromatic hydroxyl groups is 1. The van der Waals surface area contributed by atoms with Crippen LogP contribution in [0.15, 0.2) is 41.5 Å². The fraction of sp³-hybridized carbons (Fsp3) is 0.333. The van der Waals surface area contributed by atoms with Crippen molar-refractivity contribution in [1.82, 2.24) is 5.43 Å². The summed E-state index contributed by atoms with van der Waals surface area (Å²) in [7, 11) is 0. The van der Waals surface area contributed by atoms with Crippen LogP contribution in [0.3, 0.4) is 0 Å². The molecule has 0 spiro atoms. The van der Waals surface area contributed by atoms with Gasteiger partial charge in [-0.1, -0.05) is 26.0 Å². The van der Waals surface area contributed by atoms with Crippen molar-refractivity contribution in [3.63, 3.8) is 0 Å². The maximum Gasteiger partial charge on any atom is 0.277 e. The highest BCUT2D eigenvalue weighted by Crippen LogP contribution is 2.26. The molecule has 0 saturated heterocycles. The minimum atomic E-state index is -0.357. The Morgan fingerprint density at radius 2 is 1.96 bits per heavy atom. The molecule has 0 aliphatic heterocycles. The van der Waals surface area contributed by atoms with E-state index in [1.165, 1.54) is 12.3 Å². The first kappa shape index (κ1) is 20.3. The molecule has 0 saturated carbocycles. The molecule has 2 aromatic carbocycles. The van der Waals surface area contributed by atoms with Crippen molar-refractivity contribution >= 4 is 12.1 Å². The van der Waals surface area contributed by atoms with Crippen LogP contribution in [0.4, 0.5) is 0 Å². The number of ether oxygens (including phenoxy) is 2. The minimum Gasteiger partial charge on any atom is -0.504 e. The third-order valence-electron chi connectivity index (χ3n) is 3.92. The molecule has 2 aromatic rings. The highest BCUT2D eigenvalue weighted by Gasteiger charge is 2.07. The molecule has 0 aromatic heterocycles. The number of hydrazone groups is 1. The zero-order valence-corrected chi connectivity index (χ0v) is 16.2. The maximum absolute atomic E-state index is 11.9. The molecule has 0 aliphatic carbocycles. The standard InChI is InChI=1S/C21H26N2O4/c1-5-26-20-10-16(7-9-18(20)24)12-22-23-21(25)13-27-19-11-17(14(2)3)8-6-15(19)4/h6-12,14,24H,5,13H2,1-4H3,(H,23,25)/b22-12-. The van der Waals surface area contributed by atoms with Crippen LogP contribution in [0.25, 0.3) is 0 Å². The highest BCUT2D eigenvalue weighted by molar-refractivity contribution is 5.83. The van der Waals surface area contributed by atoms with Crippen molar-refractivity contribution in [3.05, 3.63) is 53.1 Å². The van der Waals surface area contributed by atoms with Gasteiger partial charge in [0.05, 0.1) is 12.8 Å². The van der Waals surface area contributed by atoms with Crippen LogP contribution in [0, 0.1) is 6.92 Å². The van der Waals surface area contributed by atoms with Gasteiger partial charge in [0.15, 0.2) is 18.1 Å². The Hall–Kier alpha value is -3.02. The van der Waals surface area contributed by atoms with E-state index in [1.54, 1.807) is 12.1 Å². The predicted octanol–water partition coefficient (Wildman–Crippen LogP) is 3.75. The molecule has 1 amide bonds. The minimum absolute atomic E-state index is 0.0606. The number of phenolic OH excluding ortho intramolecular Hbond substituents is 1. The molecule has 0 unspecified atom stereocenters. The lowest BCUT2D eigenvalue weighted by atomic mass is 10.0. The van der Waals surface area contributed by atoms with E-state index < -0.39 is 0 Å². The fourth-order valence-corrected chi connectivity index (χ4v) is 2.37. The molecule has 0 radical (unpaired) electrons. The van der Waals surface area contributed by atoms with Crippen LogP contribution >= 0.6 is 0 Å². The maximum atomic E-state index is 11.9. The van der Waals surface area contributed by atoms with Gasteiger partial charge in [0.1, 0.15) is 5.75 Å². The Kier molecular flexibility index (Phi) is 7.23. The summed E-state index contributed by atoms with van der Waals surface area (Å²) in [5.74, 6) is 1.16. The first-order valence-electron chi connectivity index (χ1n) is 8.91. The fourth-order valence-electron chi connectivity index (χ4n) is 2.37. The van der Waals surface area contributed by atoms with Crippen molar-refractivity contribution in [2.24, 2.45) is 5.10 Å². The lowest BCUT2D eigenvalue weighted by Crippen LogP contribution is -2.24. The Bertz CT molecular complexity index is 816. The molecule has 0 fully saturated rings. The van der Waals surface area contributed by atoms with Crippen LogP contribution in [0.1, 0.15) is 43.4 Å². The van der Waals surface area contributed by atoms with Crippen molar-refractivity contribution < 1.29 is 19.4 Å². The average Bonchev–Trinajstić information content (AvgIpc) is 2.63.